The van der Waals surface area contributed by atoms with Crippen LogP contribution in [0, 0.1) is 0 Å². The minimum atomic E-state index is -0.896. The molecular formula is C16H29N3O4S. The third-order valence-electron chi connectivity index (χ3n) is 4.08. The average molecular weight is 359 g/mol. The summed E-state index contributed by atoms with van der Waals surface area (Å²) in [5, 5.41) is 5.32. The van der Waals surface area contributed by atoms with Gasteiger partial charge in [-0.15, -0.1) is 0 Å². The number of amides is 3. The fraction of sp³-hybridized carbons (Fsp3) is 0.812. The maximum Gasteiger partial charge on any atom is 0.329 e. The first-order chi connectivity index (χ1) is 11.4. The first kappa shape index (κ1) is 20.6. The number of nitrogens with one attached hydrogen (secondary N) is 2. The number of thioether (sulfide) groups is 1. The van der Waals surface area contributed by atoms with Crippen LogP contribution >= 0.6 is 11.8 Å². The van der Waals surface area contributed by atoms with Gasteiger partial charge in [-0.1, -0.05) is 25.7 Å². The van der Waals surface area contributed by atoms with E-state index in [0.29, 0.717) is 12.2 Å². The van der Waals surface area contributed by atoms with Gasteiger partial charge in [0.25, 0.3) is 5.91 Å². The van der Waals surface area contributed by atoms with Crippen molar-refractivity contribution in [2.45, 2.75) is 70.1 Å². The SMILES string of the molecule is CSCC[C@@H](NC(N)=O)C(=O)O[C@@H](C)C(=O)NC1CCCCCC1. The normalized spacial score (nSPS) is 18.1. The van der Waals surface area contributed by atoms with E-state index in [1.165, 1.54) is 12.8 Å². The molecule has 4 N–H and O–H groups in total. The summed E-state index contributed by atoms with van der Waals surface area (Å²) in [5.74, 6) is -0.257. The lowest BCUT2D eigenvalue weighted by molar-refractivity contribution is -0.156. The highest BCUT2D eigenvalue weighted by molar-refractivity contribution is 7.98. The van der Waals surface area contributed by atoms with Gasteiger partial charge < -0.3 is 21.1 Å². The maximum absolute atomic E-state index is 12.2. The van der Waals surface area contributed by atoms with Gasteiger partial charge in [-0.05, 0) is 38.2 Å². The third kappa shape index (κ3) is 7.90. The number of primary amides is 1. The van der Waals surface area contributed by atoms with Crippen molar-refractivity contribution >= 4 is 29.7 Å². The van der Waals surface area contributed by atoms with Gasteiger partial charge in [0.05, 0.1) is 0 Å². The summed E-state index contributed by atoms with van der Waals surface area (Å²) >= 11 is 1.55. The zero-order valence-corrected chi connectivity index (χ0v) is 15.3. The largest absolute Gasteiger partial charge is 0.451 e. The van der Waals surface area contributed by atoms with Crippen LogP contribution in [0.15, 0.2) is 0 Å². The Labute approximate surface area is 147 Å². The fourth-order valence-corrected chi connectivity index (χ4v) is 3.18. The molecule has 1 aliphatic carbocycles. The molecular weight excluding hydrogens is 330 g/mol. The lowest BCUT2D eigenvalue weighted by Gasteiger charge is -2.22. The lowest BCUT2D eigenvalue weighted by atomic mass is 10.1. The lowest BCUT2D eigenvalue weighted by Crippen LogP contribution is -2.48. The summed E-state index contributed by atoms with van der Waals surface area (Å²) in [6.45, 7) is 1.54. The van der Waals surface area contributed by atoms with Crippen LogP contribution < -0.4 is 16.4 Å². The Morgan fingerprint density at radius 3 is 2.38 bits per heavy atom. The van der Waals surface area contributed by atoms with E-state index < -0.39 is 24.1 Å². The quantitative estimate of drug-likeness (QED) is 0.450. The zero-order chi connectivity index (χ0) is 17.9. The molecule has 0 aromatic heterocycles. The van der Waals surface area contributed by atoms with Crippen LogP contribution in [0.1, 0.15) is 51.9 Å². The molecule has 0 radical (unpaired) electrons. The van der Waals surface area contributed by atoms with Gasteiger partial charge in [0.15, 0.2) is 6.10 Å². The number of nitrogens with two attached hydrogens (primary N) is 1. The molecule has 0 aromatic rings. The number of carbonyl (C=O) groups is 3. The summed E-state index contributed by atoms with van der Waals surface area (Å²) in [6.07, 6.45) is 7.95. The Bertz CT molecular complexity index is 426. The Balaban J connectivity index is 2.49. The molecule has 138 valence electrons. The van der Waals surface area contributed by atoms with E-state index in [9.17, 15) is 14.4 Å². The molecule has 1 saturated carbocycles. The Kier molecular flexibility index (Phi) is 9.59. The molecule has 2 atom stereocenters. The Morgan fingerprint density at radius 1 is 1.21 bits per heavy atom. The minimum Gasteiger partial charge on any atom is -0.451 e. The molecule has 3 amide bonds. The van der Waals surface area contributed by atoms with Gasteiger partial charge in [-0.3, -0.25) is 4.79 Å². The Morgan fingerprint density at radius 2 is 1.83 bits per heavy atom. The van der Waals surface area contributed by atoms with Crippen LogP contribution in [-0.4, -0.2) is 48.1 Å². The van der Waals surface area contributed by atoms with Gasteiger partial charge in [-0.2, -0.15) is 11.8 Å². The average Bonchev–Trinajstić information content (AvgIpc) is 2.79. The molecule has 0 bridgehead atoms. The molecule has 7 nitrogen and oxygen atoms in total. The number of rotatable bonds is 8. The van der Waals surface area contributed by atoms with E-state index in [4.69, 9.17) is 10.5 Å². The second-order valence-electron chi connectivity index (χ2n) is 6.12. The first-order valence-electron chi connectivity index (χ1n) is 8.49. The van der Waals surface area contributed by atoms with Crippen molar-refractivity contribution in [3.63, 3.8) is 0 Å². The van der Waals surface area contributed by atoms with Gasteiger partial charge in [0.2, 0.25) is 0 Å². The summed E-state index contributed by atoms with van der Waals surface area (Å²) < 4.78 is 5.21. The van der Waals surface area contributed by atoms with Gasteiger partial charge in [-0.25, -0.2) is 9.59 Å². The van der Waals surface area contributed by atoms with Crippen LogP contribution in [0.4, 0.5) is 4.79 Å². The van der Waals surface area contributed by atoms with E-state index in [0.717, 1.165) is 25.7 Å². The second-order valence-corrected chi connectivity index (χ2v) is 7.10. The predicted octanol–water partition coefficient (Wildman–Crippen LogP) is 1.55. The number of ether oxygens (including phenoxy) is 1. The predicted molar refractivity (Wildman–Crippen MR) is 94.7 cm³/mol. The highest BCUT2D eigenvalue weighted by Gasteiger charge is 2.26. The van der Waals surface area contributed by atoms with Gasteiger partial charge in [0, 0.05) is 6.04 Å². The van der Waals surface area contributed by atoms with E-state index in [1.54, 1.807) is 18.7 Å². The molecule has 0 aliphatic heterocycles. The minimum absolute atomic E-state index is 0.150. The smallest absolute Gasteiger partial charge is 0.329 e. The Hall–Kier alpha value is -1.44. The van der Waals surface area contributed by atoms with Crippen molar-refractivity contribution in [1.29, 1.82) is 0 Å². The van der Waals surface area contributed by atoms with Crippen molar-refractivity contribution < 1.29 is 19.1 Å². The molecule has 8 heteroatoms. The third-order valence-corrected chi connectivity index (χ3v) is 4.72. The maximum atomic E-state index is 12.2. The summed E-state index contributed by atoms with van der Waals surface area (Å²) in [7, 11) is 0. The van der Waals surface area contributed by atoms with Gasteiger partial charge in [0.1, 0.15) is 6.04 Å². The molecule has 1 aliphatic rings. The molecule has 1 fully saturated rings. The number of esters is 1. The first-order valence-corrected chi connectivity index (χ1v) is 9.89. The van der Waals surface area contributed by atoms with Crippen molar-refractivity contribution in [3.8, 4) is 0 Å². The van der Waals surface area contributed by atoms with Crippen LogP contribution in [0.5, 0.6) is 0 Å². The van der Waals surface area contributed by atoms with E-state index >= 15 is 0 Å². The highest BCUT2D eigenvalue weighted by Crippen LogP contribution is 2.17. The van der Waals surface area contributed by atoms with Gasteiger partial charge >= 0.3 is 12.0 Å². The van der Waals surface area contributed by atoms with Crippen LogP contribution in [0.25, 0.3) is 0 Å². The summed E-state index contributed by atoms with van der Waals surface area (Å²) in [4.78, 5) is 35.4. The van der Waals surface area contributed by atoms with Crippen LogP contribution in [0.3, 0.4) is 0 Å². The standard InChI is InChI=1S/C16H29N3O4S/c1-11(14(20)18-12-7-5-3-4-6-8-12)23-15(21)13(9-10-24-2)19-16(17)22/h11-13H,3-10H2,1-2H3,(H,18,20)(H3,17,19,22)/t11-,13+/m0/s1. The number of urea groups is 1. The molecule has 24 heavy (non-hydrogen) atoms. The second kappa shape index (κ2) is 11.2. The van der Waals surface area contributed by atoms with E-state index in [-0.39, 0.29) is 11.9 Å². The van der Waals surface area contributed by atoms with Crippen molar-refractivity contribution in [2.75, 3.05) is 12.0 Å². The van der Waals surface area contributed by atoms with Crippen molar-refractivity contribution in [2.24, 2.45) is 5.73 Å². The molecule has 0 unspecified atom stereocenters. The number of hydrogen-bond acceptors (Lipinski definition) is 5. The highest BCUT2D eigenvalue weighted by atomic mass is 32.2. The van der Waals surface area contributed by atoms with E-state index in [2.05, 4.69) is 10.6 Å². The molecule has 0 spiro atoms. The molecule has 0 aromatic carbocycles. The fourth-order valence-electron chi connectivity index (χ4n) is 2.71. The topological polar surface area (TPSA) is 111 Å². The van der Waals surface area contributed by atoms with Crippen LogP contribution in [-0.2, 0) is 14.3 Å². The van der Waals surface area contributed by atoms with Crippen molar-refractivity contribution in [3.05, 3.63) is 0 Å². The summed E-state index contributed by atoms with van der Waals surface area (Å²) in [6, 6.07) is -1.46. The van der Waals surface area contributed by atoms with Crippen LogP contribution in [0.2, 0.25) is 0 Å². The zero-order valence-electron chi connectivity index (χ0n) is 14.5. The van der Waals surface area contributed by atoms with E-state index in [1.807, 2.05) is 6.26 Å². The monoisotopic (exact) mass is 359 g/mol. The molecule has 1 rings (SSSR count). The summed E-state index contributed by atoms with van der Waals surface area (Å²) in [5.41, 5.74) is 5.09. The number of carbonyl (C=O) groups excluding carboxylic acids is 3. The van der Waals surface area contributed by atoms with Crippen molar-refractivity contribution in [1.82, 2.24) is 10.6 Å². The molecule has 0 saturated heterocycles. The number of hydrogen-bond donors (Lipinski definition) is 3. The molecule has 0 heterocycles.